The van der Waals surface area contributed by atoms with E-state index in [1.807, 2.05) is 0 Å². The average molecular weight is 569 g/mol. The quantitative estimate of drug-likeness (QED) is 0.266. The molecule has 0 saturated carbocycles. The van der Waals surface area contributed by atoms with Gasteiger partial charge >= 0.3 is 12.4 Å². The van der Waals surface area contributed by atoms with Crippen molar-refractivity contribution in [2.45, 2.75) is 63.0 Å². The first kappa shape index (κ1) is 24.7. The molecule has 2 unspecified atom stereocenters. The smallest absolute Gasteiger partial charge is 0.343 e. The van der Waals surface area contributed by atoms with E-state index in [1.54, 1.807) is 0 Å². The summed E-state index contributed by atoms with van der Waals surface area (Å²) in [7, 11) is 0. The van der Waals surface area contributed by atoms with Crippen molar-refractivity contribution in [2.24, 2.45) is 5.92 Å². The van der Waals surface area contributed by atoms with Crippen LogP contribution in [-0.2, 0) is 0 Å². The zero-order valence-electron chi connectivity index (χ0n) is 11.7. The molecule has 0 N–H and O–H groups in total. The average Bonchev–Trinajstić information content (AvgIpc) is 2.22. The van der Waals surface area contributed by atoms with E-state index in [0.717, 1.165) is 0 Å². The Kier molecular flexibility index (Phi) is 9.53. The number of unbranched alkanes of at least 4 members (excludes halogenated alkanes) is 1. The van der Waals surface area contributed by atoms with Gasteiger partial charge in [-0.25, -0.2) is 13.2 Å². The molecule has 0 amide bonds. The molecule has 0 spiro atoms. The van der Waals surface area contributed by atoms with Gasteiger partial charge in [-0.05, 0) is 6.92 Å². The molecule has 0 heterocycles. The maximum Gasteiger partial charge on any atom is 0.422 e. The van der Waals surface area contributed by atoms with Crippen LogP contribution in [0, 0.1) is 44.0 Å². The van der Waals surface area contributed by atoms with E-state index in [9.17, 15) is 39.5 Å². The Balaban J connectivity index is 0. The van der Waals surface area contributed by atoms with Gasteiger partial charge in [0, 0.05) is 50.4 Å². The molecule has 0 radical (unpaired) electrons. The second-order valence-corrected chi connectivity index (χ2v) is 5.16. The first-order valence-electron chi connectivity index (χ1n) is 6.12. The van der Waals surface area contributed by atoms with Crippen molar-refractivity contribution in [3.05, 3.63) is 6.92 Å². The van der Waals surface area contributed by atoms with Crippen molar-refractivity contribution in [3.63, 3.8) is 0 Å². The van der Waals surface area contributed by atoms with E-state index in [4.69, 9.17) is 0 Å². The molecule has 0 fully saturated rings. The largest absolute Gasteiger partial charge is 0.422 e. The van der Waals surface area contributed by atoms with Crippen LogP contribution < -0.4 is 0 Å². The van der Waals surface area contributed by atoms with Crippen LogP contribution in [0.5, 0.6) is 0 Å². The van der Waals surface area contributed by atoms with Crippen LogP contribution in [0.2, 0.25) is 0 Å². The second-order valence-electron chi connectivity index (χ2n) is 5.16. The minimum atomic E-state index is -5.56. The van der Waals surface area contributed by atoms with Crippen LogP contribution in [-0.4, -0.2) is 23.9 Å². The van der Waals surface area contributed by atoms with Gasteiger partial charge in [0.1, 0.15) is 0 Å². The van der Waals surface area contributed by atoms with Crippen LogP contribution in [0.4, 0.5) is 39.5 Å². The van der Waals surface area contributed by atoms with Crippen molar-refractivity contribution in [1.82, 2.24) is 0 Å². The predicted molar refractivity (Wildman–Crippen MR) is 58.5 cm³/mol. The normalized spacial score (nSPS) is 17.6. The van der Waals surface area contributed by atoms with Crippen molar-refractivity contribution in [3.8, 4) is 0 Å². The topological polar surface area (TPSA) is 0 Å². The van der Waals surface area contributed by atoms with Crippen LogP contribution in [0.25, 0.3) is 0 Å². The Hall–Kier alpha value is 0.422. The molecule has 0 saturated heterocycles. The van der Waals surface area contributed by atoms with Crippen LogP contribution in [0.1, 0.15) is 39.0 Å². The molecule has 10 heteroatoms. The summed E-state index contributed by atoms with van der Waals surface area (Å²) in [5.41, 5.74) is -4.18. The number of alkyl halides is 9. The summed E-state index contributed by atoms with van der Waals surface area (Å²) in [5, 5.41) is 0. The minimum absolute atomic E-state index is 0. The molecule has 0 nitrogen and oxygen atoms in total. The number of halogens is 9. The van der Waals surface area contributed by atoms with E-state index in [0.29, 0.717) is 0 Å². The van der Waals surface area contributed by atoms with Gasteiger partial charge in [-0.1, -0.05) is 6.42 Å². The van der Waals surface area contributed by atoms with Crippen molar-refractivity contribution in [1.29, 1.82) is 0 Å². The van der Waals surface area contributed by atoms with Gasteiger partial charge in [-0.2, -0.15) is 32.8 Å². The predicted octanol–water partition coefficient (Wildman–Crippen LogP) is 5.88. The maximum absolute atomic E-state index is 13.3. The fraction of sp³-hybridized carbons (Fsp3) is 0.917. The Morgan fingerprint density at radius 3 is 1.64 bits per heavy atom. The first-order chi connectivity index (χ1) is 9.12. The van der Waals surface area contributed by atoms with Gasteiger partial charge in [0.25, 0.3) is 0 Å². The first-order valence-corrected chi connectivity index (χ1v) is 6.12. The number of hydrogen-bond acceptors (Lipinski definition) is 0. The summed E-state index contributed by atoms with van der Waals surface area (Å²) in [6, 6.07) is 0. The van der Waals surface area contributed by atoms with Crippen LogP contribution in [0.15, 0.2) is 0 Å². The van der Waals surface area contributed by atoms with E-state index in [-0.39, 0.29) is 50.9 Å². The van der Waals surface area contributed by atoms with Crippen molar-refractivity contribution >= 4 is 0 Å². The standard InChI is InChI=1S/C12H16F9.U/c1-3-4-5-10(14,15)7-8(11(16,17)18)6-9(2,13)12(19,20)21;/h8H,1,3-7H2,2H3;/q-1;. The Morgan fingerprint density at radius 1 is 0.864 bits per heavy atom. The molecular formula is C12H16F9U-. The summed E-state index contributed by atoms with van der Waals surface area (Å²) in [6.07, 6.45) is -15.9. The summed E-state index contributed by atoms with van der Waals surface area (Å²) in [6.45, 7) is 3.16. The molecule has 0 aromatic heterocycles. The third-order valence-corrected chi connectivity index (χ3v) is 3.02. The molecule has 0 rings (SSSR count). The van der Waals surface area contributed by atoms with Gasteiger partial charge in [0.2, 0.25) is 11.6 Å². The molecule has 0 aliphatic heterocycles. The Bertz CT molecular complexity index is 320. The molecule has 132 valence electrons. The molecule has 0 bridgehead atoms. The third-order valence-electron chi connectivity index (χ3n) is 3.02. The van der Waals surface area contributed by atoms with Crippen molar-refractivity contribution < 1.29 is 70.6 Å². The van der Waals surface area contributed by atoms with Gasteiger partial charge in [0.15, 0.2) is 0 Å². The van der Waals surface area contributed by atoms with E-state index in [1.165, 1.54) is 0 Å². The maximum atomic E-state index is 13.3. The summed E-state index contributed by atoms with van der Waals surface area (Å²) < 4.78 is 115. The molecule has 22 heavy (non-hydrogen) atoms. The fourth-order valence-corrected chi connectivity index (χ4v) is 1.73. The van der Waals surface area contributed by atoms with E-state index < -0.39 is 49.1 Å². The van der Waals surface area contributed by atoms with Gasteiger partial charge < -0.3 is 6.92 Å². The minimum Gasteiger partial charge on any atom is -0.343 e. The van der Waals surface area contributed by atoms with Gasteiger partial charge in [0.05, 0.1) is 5.92 Å². The zero-order chi connectivity index (χ0) is 17.1. The SMILES string of the molecule is [CH2-]CCCC(F)(F)CC(CC(C)(F)C(F)(F)F)C(F)(F)F.[U]. The van der Waals surface area contributed by atoms with E-state index >= 15 is 0 Å². The fourth-order valence-electron chi connectivity index (χ4n) is 1.73. The summed E-state index contributed by atoms with van der Waals surface area (Å²) >= 11 is 0. The van der Waals surface area contributed by atoms with Crippen LogP contribution >= 0.6 is 0 Å². The Labute approximate surface area is 146 Å². The van der Waals surface area contributed by atoms with Gasteiger partial charge in [-0.3, -0.25) is 0 Å². The van der Waals surface area contributed by atoms with Crippen LogP contribution in [0.3, 0.4) is 0 Å². The molecule has 0 aliphatic carbocycles. The summed E-state index contributed by atoms with van der Waals surface area (Å²) in [4.78, 5) is 0. The van der Waals surface area contributed by atoms with E-state index in [2.05, 4.69) is 6.92 Å². The van der Waals surface area contributed by atoms with Crippen molar-refractivity contribution in [2.75, 3.05) is 0 Å². The molecule has 0 aromatic rings. The zero-order valence-corrected chi connectivity index (χ0v) is 15.9. The van der Waals surface area contributed by atoms with Gasteiger partial charge in [-0.15, -0.1) is 0 Å². The molecular weight excluding hydrogens is 553 g/mol. The molecule has 0 aromatic carbocycles. The second kappa shape index (κ2) is 8.50. The molecule has 2 atom stereocenters. The Morgan fingerprint density at radius 2 is 1.32 bits per heavy atom. The third kappa shape index (κ3) is 8.32. The molecule has 0 aliphatic rings. The summed E-state index contributed by atoms with van der Waals surface area (Å²) in [5.74, 6) is -6.89. The monoisotopic (exact) mass is 569 g/mol. The number of rotatable bonds is 7. The number of hydrogen-bond donors (Lipinski definition) is 0.